The van der Waals surface area contributed by atoms with Gasteiger partial charge in [-0.25, -0.2) is 9.37 Å². The second-order valence-corrected chi connectivity index (χ2v) is 9.14. The lowest BCUT2D eigenvalue weighted by molar-refractivity contribution is -0.122. The molecule has 0 radical (unpaired) electrons. The third kappa shape index (κ3) is 5.49. The summed E-state index contributed by atoms with van der Waals surface area (Å²) in [5.74, 6) is -0.263. The molecule has 1 aromatic heterocycles. The summed E-state index contributed by atoms with van der Waals surface area (Å²) in [7, 11) is 0. The predicted molar refractivity (Wildman–Crippen MR) is 130 cm³/mol. The second kappa shape index (κ2) is 10.5. The Kier molecular flexibility index (Phi) is 7.01. The van der Waals surface area contributed by atoms with Crippen LogP contribution < -0.4 is 10.9 Å². The van der Waals surface area contributed by atoms with Gasteiger partial charge in [0.05, 0.1) is 11.8 Å². The number of nitrogens with zero attached hydrogens (tertiary/aromatic N) is 3. The Morgan fingerprint density at radius 1 is 1.14 bits per heavy atom. The lowest BCUT2D eigenvalue weighted by Crippen LogP contribution is -2.41. The van der Waals surface area contributed by atoms with Gasteiger partial charge in [0.25, 0.3) is 5.56 Å². The van der Waals surface area contributed by atoms with Crippen LogP contribution in [0.5, 0.6) is 0 Å². The lowest BCUT2D eigenvalue weighted by Gasteiger charge is -2.29. The fraction of sp³-hybridized carbons (Fsp3) is 0.370. The van der Waals surface area contributed by atoms with Gasteiger partial charge in [0, 0.05) is 43.9 Å². The monoisotopic (exact) mass is 476 g/mol. The number of hydrogen-bond acceptors (Lipinski definition) is 5. The van der Waals surface area contributed by atoms with E-state index in [-0.39, 0.29) is 29.9 Å². The number of fused-ring (bicyclic) bond motifs is 1. The molecule has 2 aromatic carbocycles. The zero-order valence-electron chi connectivity index (χ0n) is 19.6. The van der Waals surface area contributed by atoms with Gasteiger partial charge in [0.15, 0.2) is 0 Å². The fourth-order valence-electron chi connectivity index (χ4n) is 4.76. The quantitative estimate of drug-likeness (QED) is 0.568. The first-order chi connectivity index (χ1) is 17.1. The van der Waals surface area contributed by atoms with E-state index in [0.29, 0.717) is 48.8 Å². The number of amides is 1. The van der Waals surface area contributed by atoms with Gasteiger partial charge in [0.2, 0.25) is 5.91 Å². The van der Waals surface area contributed by atoms with Crippen LogP contribution in [0.15, 0.2) is 59.4 Å². The van der Waals surface area contributed by atoms with E-state index in [1.165, 1.54) is 22.3 Å². The molecule has 0 spiro atoms. The highest BCUT2D eigenvalue weighted by molar-refractivity contribution is 5.76. The van der Waals surface area contributed by atoms with Gasteiger partial charge in [-0.2, -0.15) is 0 Å². The number of ether oxygens (including phenoxy) is 1. The highest BCUT2D eigenvalue weighted by Gasteiger charge is 2.25. The van der Waals surface area contributed by atoms with Crippen molar-refractivity contribution in [3.63, 3.8) is 0 Å². The number of halogens is 1. The van der Waals surface area contributed by atoms with E-state index in [2.05, 4.69) is 22.3 Å². The minimum absolute atomic E-state index is 0.0181. The molecule has 0 aliphatic carbocycles. The molecule has 7 nitrogen and oxygen atoms in total. The topological polar surface area (TPSA) is 76.5 Å². The molecule has 2 aliphatic rings. The fourth-order valence-corrected chi connectivity index (χ4v) is 4.76. The largest absolute Gasteiger partial charge is 0.376 e. The summed E-state index contributed by atoms with van der Waals surface area (Å²) in [6.07, 6.45) is 2.49. The van der Waals surface area contributed by atoms with Crippen molar-refractivity contribution in [2.24, 2.45) is 0 Å². The zero-order valence-corrected chi connectivity index (χ0v) is 19.6. The van der Waals surface area contributed by atoms with Crippen molar-refractivity contribution in [2.75, 3.05) is 19.7 Å². The van der Waals surface area contributed by atoms with Gasteiger partial charge in [-0.05, 0) is 49.1 Å². The SMILES string of the molecule is O=C(Cn1c(-c2ccc(F)cc2)nc2c(c1=O)CCN(Cc1ccccc1)C2)NC[C@@H]1CCCO1. The van der Waals surface area contributed by atoms with Gasteiger partial charge in [-0.3, -0.25) is 19.1 Å². The van der Waals surface area contributed by atoms with E-state index >= 15 is 0 Å². The minimum Gasteiger partial charge on any atom is -0.376 e. The third-order valence-electron chi connectivity index (χ3n) is 6.60. The first-order valence-electron chi connectivity index (χ1n) is 12.1. The van der Waals surface area contributed by atoms with Gasteiger partial charge in [0.1, 0.15) is 18.2 Å². The Labute approximate surface area is 203 Å². The van der Waals surface area contributed by atoms with Gasteiger partial charge in [-0.15, -0.1) is 0 Å². The molecule has 1 amide bonds. The molecular weight excluding hydrogens is 447 g/mol. The second-order valence-electron chi connectivity index (χ2n) is 9.14. The Hall–Kier alpha value is -3.36. The first-order valence-corrected chi connectivity index (χ1v) is 12.1. The van der Waals surface area contributed by atoms with Gasteiger partial charge in [-0.1, -0.05) is 30.3 Å². The van der Waals surface area contributed by atoms with Crippen LogP contribution >= 0.6 is 0 Å². The van der Waals surface area contributed by atoms with Crippen molar-refractivity contribution >= 4 is 5.91 Å². The summed E-state index contributed by atoms with van der Waals surface area (Å²) >= 11 is 0. The summed E-state index contributed by atoms with van der Waals surface area (Å²) in [5, 5.41) is 2.88. The van der Waals surface area contributed by atoms with Crippen LogP contribution in [-0.4, -0.2) is 46.2 Å². The van der Waals surface area contributed by atoms with Gasteiger partial charge < -0.3 is 10.1 Å². The van der Waals surface area contributed by atoms with Crippen molar-refractivity contribution in [1.29, 1.82) is 0 Å². The first kappa shape index (κ1) is 23.4. The Morgan fingerprint density at radius 2 is 1.94 bits per heavy atom. The van der Waals surface area contributed by atoms with Crippen molar-refractivity contribution < 1.29 is 13.9 Å². The van der Waals surface area contributed by atoms with Crippen LogP contribution in [0.1, 0.15) is 29.7 Å². The van der Waals surface area contributed by atoms with E-state index in [0.717, 1.165) is 25.9 Å². The summed E-state index contributed by atoms with van der Waals surface area (Å²) < 4.78 is 20.6. The summed E-state index contributed by atoms with van der Waals surface area (Å²) in [5.41, 5.74) is 2.95. The molecule has 182 valence electrons. The summed E-state index contributed by atoms with van der Waals surface area (Å²) in [4.78, 5) is 33.4. The molecule has 8 heteroatoms. The van der Waals surface area contributed by atoms with Crippen LogP contribution in [0, 0.1) is 5.82 Å². The van der Waals surface area contributed by atoms with E-state index < -0.39 is 0 Å². The number of aromatic nitrogens is 2. The molecule has 5 rings (SSSR count). The van der Waals surface area contributed by atoms with Crippen LogP contribution in [0.25, 0.3) is 11.4 Å². The minimum atomic E-state index is -0.371. The smallest absolute Gasteiger partial charge is 0.257 e. The zero-order chi connectivity index (χ0) is 24.2. The van der Waals surface area contributed by atoms with E-state index in [1.807, 2.05) is 18.2 Å². The number of hydrogen-bond donors (Lipinski definition) is 1. The van der Waals surface area contributed by atoms with E-state index in [4.69, 9.17) is 9.72 Å². The normalized spacial score (nSPS) is 17.8. The maximum absolute atomic E-state index is 13.6. The Balaban J connectivity index is 1.42. The number of benzene rings is 2. The van der Waals surface area contributed by atoms with Crippen molar-refractivity contribution in [3.8, 4) is 11.4 Å². The Bertz CT molecular complexity index is 1240. The summed E-state index contributed by atoms with van der Waals surface area (Å²) in [6, 6.07) is 16.0. The van der Waals surface area contributed by atoms with Crippen molar-refractivity contribution in [1.82, 2.24) is 19.8 Å². The molecule has 1 atom stereocenters. The van der Waals surface area contributed by atoms with Crippen LogP contribution in [0.2, 0.25) is 0 Å². The molecule has 0 bridgehead atoms. The molecule has 0 unspecified atom stereocenters. The molecular formula is C27H29FN4O3. The third-order valence-corrected chi connectivity index (χ3v) is 6.60. The number of rotatable bonds is 7. The van der Waals surface area contributed by atoms with Crippen LogP contribution in [-0.2, 0) is 35.6 Å². The lowest BCUT2D eigenvalue weighted by atomic mass is 10.0. The summed E-state index contributed by atoms with van der Waals surface area (Å²) in [6.45, 7) is 3.03. The molecule has 1 N–H and O–H groups in total. The standard InChI is InChI=1S/C27H29FN4O3/c28-21-10-8-20(9-11-21)26-30-24-17-31(16-19-5-2-1-3-6-19)13-12-23(24)27(34)32(26)18-25(33)29-15-22-7-4-14-35-22/h1-3,5-6,8-11,22H,4,7,12-18H2,(H,29,33)/t22-/m0/s1. The van der Waals surface area contributed by atoms with Crippen LogP contribution in [0.3, 0.4) is 0 Å². The van der Waals surface area contributed by atoms with Gasteiger partial charge >= 0.3 is 0 Å². The van der Waals surface area contributed by atoms with Crippen molar-refractivity contribution in [2.45, 2.75) is 45.0 Å². The predicted octanol–water partition coefficient (Wildman–Crippen LogP) is 2.90. The molecule has 0 saturated carbocycles. The molecule has 3 aromatic rings. The average molecular weight is 477 g/mol. The molecule has 2 aliphatic heterocycles. The van der Waals surface area contributed by atoms with E-state index in [9.17, 15) is 14.0 Å². The highest BCUT2D eigenvalue weighted by Crippen LogP contribution is 2.22. The molecule has 1 saturated heterocycles. The Morgan fingerprint density at radius 3 is 2.69 bits per heavy atom. The van der Waals surface area contributed by atoms with Crippen molar-refractivity contribution in [3.05, 3.63) is 87.6 Å². The maximum Gasteiger partial charge on any atom is 0.257 e. The van der Waals surface area contributed by atoms with E-state index in [1.54, 1.807) is 12.1 Å². The number of nitrogens with one attached hydrogen (secondary N) is 1. The highest BCUT2D eigenvalue weighted by atomic mass is 19.1. The molecule has 1 fully saturated rings. The number of carbonyl (C=O) groups is 1. The average Bonchev–Trinajstić information content (AvgIpc) is 3.39. The molecule has 35 heavy (non-hydrogen) atoms. The number of carbonyl (C=O) groups excluding carboxylic acids is 1. The maximum atomic E-state index is 13.6. The molecule has 3 heterocycles. The van der Waals surface area contributed by atoms with Crippen LogP contribution in [0.4, 0.5) is 4.39 Å².